The number of hydrogen-bond donors (Lipinski definition) is 0. The fourth-order valence-corrected chi connectivity index (χ4v) is 5.34. The van der Waals surface area contributed by atoms with Gasteiger partial charge in [-0.15, -0.1) is 0 Å². The molecule has 0 aliphatic carbocycles. The summed E-state index contributed by atoms with van der Waals surface area (Å²) in [6, 6.07) is 27.1. The van der Waals surface area contributed by atoms with E-state index >= 15 is 0 Å². The van der Waals surface area contributed by atoms with Crippen molar-refractivity contribution in [3.63, 3.8) is 0 Å². The number of sulfonamides is 1. The Morgan fingerprint density at radius 3 is 1.91 bits per heavy atom. The van der Waals surface area contributed by atoms with E-state index in [1.807, 2.05) is 77.7 Å². The van der Waals surface area contributed by atoms with Gasteiger partial charge in [0, 0.05) is 25.7 Å². The lowest BCUT2D eigenvalue weighted by atomic mass is 10.1. The largest absolute Gasteiger partial charge is 0.331 e. The van der Waals surface area contributed by atoms with Crippen LogP contribution >= 0.6 is 0 Å². The molecule has 1 amide bonds. The summed E-state index contributed by atoms with van der Waals surface area (Å²) in [6.45, 7) is 1.55. The summed E-state index contributed by atoms with van der Waals surface area (Å²) in [4.78, 5) is 14.8. The number of benzene rings is 3. The van der Waals surface area contributed by atoms with E-state index < -0.39 is 10.0 Å². The van der Waals surface area contributed by atoms with Crippen molar-refractivity contribution in [3.8, 4) is 0 Å². The van der Waals surface area contributed by atoms with Crippen molar-refractivity contribution >= 4 is 27.7 Å². The molecular weight excluding hydrogens is 420 g/mol. The molecule has 0 aromatic heterocycles. The molecule has 3 aromatic rings. The molecule has 1 heterocycles. The molecule has 0 saturated carbocycles. The summed E-state index contributed by atoms with van der Waals surface area (Å²) >= 11 is 0. The minimum absolute atomic E-state index is 0.0797. The molecule has 6 heteroatoms. The van der Waals surface area contributed by atoms with Gasteiger partial charge in [0.1, 0.15) is 0 Å². The van der Waals surface area contributed by atoms with Crippen LogP contribution in [0.25, 0.3) is 6.08 Å². The van der Waals surface area contributed by atoms with Crippen LogP contribution in [0.2, 0.25) is 0 Å². The first-order valence-electron chi connectivity index (χ1n) is 10.7. The van der Waals surface area contributed by atoms with Crippen molar-refractivity contribution < 1.29 is 13.2 Å². The summed E-state index contributed by atoms with van der Waals surface area (Å²) in [5.74, 6) is 0.117. The van der Waals surface area contributed by atoms with Crippen LogP contribution in [0, 0.1) is 0 Å². The molecule has 3 aromatic carbocycles. The fourth-order valence-electron chi connectivity index (χ4n) is 3.77. The van der Waals surface area contributed by atoms with Gasteiger partial charge in [-0.25, -0.2) is 8.42 Å². The molecule has 0 radical (unpaired) electrons. The zero-order valence-electron chi connectivity index (χ0n) is 17.8. The third kappa shape index (κ3) is 5.45. The first-order valence-corrected chi connectivity index (χ1v) is 12.3. The van der Waals surface area contributed by atoms with E-state index in [1.54, 1.807) is 24.3 Å². The zero-order chi connectivity index (χ0) is 22.4. The monoisotopic (exact) mass is 446 g/mol. The molecule has 0 spiro atoms. The molecule has 1 aliphatic heterocycles. The van der Waals surface area contributed by atoms with Crippen molar-refractivity contribution in [2.45, 2.75) is 19.5 Å². The number of rotatable bonds is 7. The highest BCUT2D eigenvalue weighted by molar-refractivity contribution is 7.93. The average Bonchev–Trinajstić information content (AvgIpc) is 3.17. The van der Waals surface area contributed by atoms with Gasteiger partial charge in [0.25, 0.3) is 0 Å². The van der Waals surface area contributed by atoms with Gasteiger partial charge in [-0.05, 0) is 41.3 Å². The number of anilines is 1. The summed E-state index contributed by atoms with van der Waals surface area (Å²) < 4.78 is 25.6. The lowest BCUT2D eigenvalue weighted by molar-refractivity contribution is -0.127. The topological polar surface area (TPSA) is 57.7 Å². The smallest absolute Gasteiger partial charge is 0.247 e. The number of carbonyl (C=O) groups is 1. The van der Waals surface area contributed by atoms with Crippen LogP contribution in [-0.2, 0) is 27.9 Å². The van der Waals surface area contributed by atoms with E-state index in [1.165, 1.54) is 4.31 Å². The number of carbonyl (C=O) groups excluding carboxylic acids is 1. The minimum atomic E-state index is -3.19. The highest BCUT2D eigenvalue weighted by Gasteiger charge is 2.28. The number of hydrogen-bond acceptors (Lipinski definition) is 3. The van der Waals surface area contributed by atoms with Crippen molar-refractivity contribution in [1.29, 1.82) is 0 Å². The number of amides is 1. The van der Waals surface area contributed by atoms with Crippen LogP contribution in [-0.4, -0.2) is 31.5 Å². The van der Waals surface area contributed by atoms with Crippen LogP contribution in [0.5, 0.6) is 0 Å². The van der Waals surface area contributed by atoms with Crippen LogP contribution in [0.4, 0.5) is 5.69 Å². The van der Waals surface area contributed by atoms with Gasteiger partial charge in [-0.3, -0.25) is 9.10 Å². The molecular formula is C26H26N2O3S. The lowest BCUT2D eigenvalue weighted by Crippen LogP contribution is -2.28. The highest BCUT2D eigenvalue weighted by Crippen LogP contribution is 2.24. The van der Waals surface area contributed by atoms with Crippen LogP contribution in [0.3, 0.4) is 0 Å². The van der Waals surface area contributed by atoms with Gasteiger partial charge < -0.3 is 4.90 Å². The normalized spacial score (nSPS) is 15.2. The maximum atomic E-state index is 13.0. The second-order valence-corrected chi connectivity index (χ2v) is 9.84. The zero-order valence-corrected chi connectivity index (χ0v) is 18.6. The van der Waals surface area contributed by atoms with E-state index in [9.17, 15) is 13.2 Å². The average molecular weight is 447 g/mol. The lowest BCUT2D eigenvalue weighted by Gasteiger charge is -2.21. The van der Waals surface area contributed by atoms with Gasteiger partial charge in [-0.2, -0.15) is 0 Å². The molecule has 4 rings (SSSR count). The first kappa shape index (κ1) is 21.8. The van der Waals surface area contributed by atoms with E-state index in [0.29, 0.717) is 31.7 Å². The molecule has 32 heavy (non-hydrogen) atoms. The van der Waals surface area contributed by atoms with Crippen molar-refractivity contribution in [1.82, 2.24) is 4.90 Å². The van der Waals surface area contributed by atoms with Gasteiger partial charge in [0.2, 0.25) is 15.9 Å². The maximum Gasteiger partial charge on any atom is 0.247 e. The van der Waals surface area contributed by atoms with Gasteiger partial charge >= 0.3 is 0 Å². The summed E-state index contributed by atoms with van der Waals surface area (Å²) in [7, 11) is -3.19. The highest BCUT2D eigenvalue weighted by atomic mass is 32.2. The Bertz CT molecular complexity index is 1130. The Morgan fingerprint density at radius 2 is 1.41 bits per heavy atom. The van der Waals surface area contributed by atoms with Crippen LogP contribution < -0.4 is 4.31 Å². The maximum absolute atomic E-state index is 13.0. The van der Waals surface area contributed by atoms with E-state index in [-0.39, 0.29) is 11.7 Å². The molecule has 5 nitrogen and oxygen atoms in total. The third-order valence-electron chi connectivity index (χ3n) is 5.44. The predicted octanol–water partition coefficient (Wildman–Crippen LogP) is 4.47. The van der Waals surface area contributed by atoms with Gasteiger partial charge in [0.15, 0.2) is 0 Å². The summed E-state index contributed by atoms with van der Waals surface area (Å²) in [6.07, 6.45) is 4.00. The minimum Gasteiger partial charge on any atom is -0.331 e. The Morgan fingerprint density at radius 1 is 0.844 bits per heavy atom. The van der Waals surface area contributed by atoms with Gasteiger partial charge in [-0.1, -0.05) is 72.8 Å². The molecule has 0 unspecified atom stereocenters. The van der Waals surface area contributed by atoms with Gasteiger partial charge in [0.05, 0.1) is 11.4 Å². The van der Waals surface area contributed by atoms with Crippen molar-refractivity contribution in [3.05, 3.63) is 108 Å². The number of nitrogens with zero attached hydrogens (tertiary/aromatic N) is 2. The fraction of sp³-hybridized carbons (Fsp3) is 0.192. The molecule has 0 atom stereocenters. The molecule has 1 fully saturated rings. The Hall–Kier alpha value is -3.38. The first-order chi connectivity index (χ1) is 15.5. The second-order valence-electron chi connectivity index (χ2n) is 7.83. The second kappa shape index (κ2) is 9.83. The van der Waals surface area contributed by atoms with Crippen LogP contribution in [0.15, 0.2) is 91.0 Å². The molecule has 1 aliphatic rings. The molecule has 0 bridgehead atoms. The third-order valence-corrected chi connectivity index (χ3v) is 7.31. The van der Waals surface area contributed by atoms with E-state index in [2.05, 4.69) is 0 Å². The molecule has 1 saturated heterocycles. The summed E-state index contributed by atoms with van der Waals surface area (Å²) in [5, 5.41) is 0. The van der Waals surface area contributed by atoms with Crippen molar-refractivity contribution in [2.24, 2.45) is 0 Å². The summed E-state index contributed by atoms with van der Waals surface area (Å²) in [5.41, 5.74) is 3.65. The Kier molecular flexibility index (Phi) is 6.71. The van der Waals surface area contributed by atoms with E-state index in [0.717, 1.165) is 16.7 Å². The Balaban J connectivity index is 1.48. The molecule has 0 N–H and O–H groups in total. The van der Waals surface area contributed by atoms with Crippen molar-refractivity contribution in [2.75, 3.05) is 16.6 Å². The SMILES string of the molecule is O=C(/C=C/c1ccc(N2CCCS2(=O)=O)cc1)N(Cc1ccccc1)Cc1ccccc1. The molecule has 164 valence electrons. The standard InChI is InChI=1S/C26H26N2O3S/c29-26(17-14-22-12-15-25(16-13-22)28-18-7-19-32(28,30)31)27(20-23-8-3-1-4-9-23)21-24-10-5-2-6-11-24/h1-6,8-17H,7,18-21H2/b17-14+. The van der Waals surface area contributed by atoms with Crippen LogP contribution in [0.1, 0.15) is 23.1 Å². The Labute approximate surface area is 189 Å². The predicted molar refractivity (Wildman–Crippen MR) is 128 cm³/mol. The van der Waals surface area contributed by atoms with E-state index in [4.69, 9.17) is 0 Å². The quantitative estimate of drug-likeness (QED) is 0.503.